The minimum atomic E-state index is -0.372. The molecular formula is C15H29N3O2. The van der Waals surface area contributed by atoms with Crippen molar-refractivity contribution in [1.29, 1.82) is 0 Å². The second kappa shape index (κ2) is 7.62. The fourth-order valence-corrected chi connectivity index (χ4v) is 2.28. The van der Waals surface area contributed by atoms with Crippen LogP contribution in [0.5, 0.6) is 0 Å². The van der Waals surface area contributed by atoms with Gasteiger partial charge in [0.25, 0.3) is 0 Å². The zero-order valence-electron chi connectivity index (χ0n) is 13.0. The second-order valence-electron chi connectivity index (χ2n) is 6.79. The number of hydrogen-bond acceptors (Lipinski definition) is 3. The Hall–Kier alpha value is -1.10. The summed E-state index contributed by atoms with van der Waals surface area (Å²) in [6.45, 7) is 6.19. The molecule has 20 heavy (non-hydrogen) atoms. The molecule has 2 amide bonds. The molecule has 0 atom stereocenters. The van der Waals surface area contributed by atoms with E-state index in [9.17, 15) is 9.59 Å². The number of nitrogens with two attached hydrogens (primary N) is 1. The first-order valence-corrected chi connectivity index (χ1v) is 7.62. The molecule has 1 rings (SSSR count). The highest BCUT2D eigenvalue weighted by Gasteiger charge is 2.21. The van der Waals surface area contributed by atoms with Gasteiger partial charge in [-0.3, -0.25) is 9.59 Å². The third-order valence-corrected chi connectivity index (χ3v) is 3.68. The molecule has 116 valence electrons. The SMILES string of the molecule is CC(C)(C)C(=O)NCCCC(=O)NC1CCC(N)CC1. The Morgan fingerprint density at radius 3 is 2.30 bits per heavy atom. The maximum absolute atomic E-state index is 11.8. The van der Waals surface area contributed by atoms with Gasteiger partial charge in [-0.1, -0.05) is 20.8 Å². The van der Waals surface area contributed by atoms with E-state index in [4.69, 9.17) is 5.73 Å². The van der Waals surface area contributed by atoms with Gasteiger partial charge in [0.1, 0.15) is 0 Å². The predicted octanol–water partition coefficient (Wildman–Crippen LogP) is 1.32. The lowest BCUT2D eigenvalue weighted by atomic mass is 9.92. The summed E-state index contributed by atoms with van der Waals surface area (Å²) < 4.78 is 0. The second-order valence-corrected chi connectivity index (χ2v) is 6.79. The molecule has 0 aromatic heterocycles. The first kappa shape index (κ1) is 17.0. The quantitative estimate of drug-likeness (QED) is 0.665. The number of nitrogens with one attached hydrogen (secondary N) is 2. The van der Waals surface area contributed by atoms with E-state index in [1.807, 2.05) is 20.8 Å². The minimum Gasteiger partial charge on any atom is -0.356 e. The van der Waals surface area contributed by atoms with Crippen molar-refractivity contribution in [2.75, 3.05) is 6.54 Å². The van der Waals surface area contributed by atoms with E-state index in [1.165, 1.54) is 0 Å². The Bertz CT molecular complexity index is 329. The molecule has 0 unspecified atom stereocenters. The van der Waals surface area contributed by atoms with Gasteiger partial charge in [-0.15, -0.1) is 0 Å². The van der Waals surface area contributed by atoms with E-state index >= 15 is 0 Å². The molecule has 4 N–H and O–H groups in total. The Kier molecular flexibility index (Phi) is 6.46. The third-order valence-electron chi connectivity index (χ3n) is 3.68. The summed E-state index contributed by atoms with van der Waals surface area (Å²) in [5, 5.41) is 5.90. The Morgan fingerprint density at radius 1 is 1.15 bits per heavy atom. The van der Waals surface area contributed by atoms with Crippen LogP contribution in [0.2, 0.25) is 0 Å². The summed E-state index contributed by atoms with van der Waals surface area (Å²) in [6.07, 6.45) is 5.09. The van der Waals surface area contributed by atoms with Gasteiger partial charge in [0.15, 0.2) is 0 Å². The maximum Gasteiger partial charge on any atom is 0.225 e. The molecule has 0 aliphatic heterocycles. The summed E-state index contributed by atoms with van der Waals surface area (Å²) >= 11 is 0. The van der Waals surface area contributed by atoms with E-state index in [-0.39, 0.29) is 23.3 Å². The average molecular weight is 283 g/mol. The summed E-state index contributed by atoms with van der Waals surface area (Å²) in [6, 6.07) is 0.585. The van der Waals surface area contributed by atoms with Gasteiger partial charge >= 0.3 is 0 Å². The van der Waals surface area contributed by atoms with Crippen molar-refractivity contribution in [2.24, 2.45) is 11.1 Å². The highest BCUT2D eigenvalue weighted by atomic mass is 16.2. The number of hydrogen-bond donors (Lipinski definition) is 3. The van der Waals surface area contributed by atoms with Crippen molar-refractivity contribution in [3.63, 3.8) is 0 Å². The highest BCUT2D eigenvalue weighted by molar-refractivity contribution is 5.81. The van der Waals surface area contributed by atoms with Crippen molar-refractivity contribution in [2.45, 2.75) is 71.4 Å². The van der Waals surface area contributed by atoms with Crippen LogP contribution in [0.1, 0.15) is 59.3 Å². The van der Waals surface area contributed by atoms with Crippen LogP contribution in [0, 0.1) is 5.41 Å². The molecule has 1 fully saturated rings. The molecule has 5 nitrogen and oxygen atoms in total. The van der Waals surface area contributed by atoms with Gasteiger partial charge in [0.2, 0.25) is 11.8 Å². The van der Waals surface area contributed by atoms with E-state index in [1.54, 1.807) is 0 Å². The lowest BCUT2D eigenvalue weighted by molar-refractivity contribution is -0.128. The Morgan fingerprint density at radius 2 is 1.75 bits per heavy atom. The van der Waals surface area contributed by atoms with Crippen LogP contribution in [-0.4, -0.2) is 30.4 Å². The van der Waals surface area contributed by atoms with Crippen LogP contribution in [0.4, 0.5) is 0 Å². The zero-order chi connectivity index (χ0) is 15.2. The Labute approximate surface area is 122 Å². The van der Waals surface area contributed by atoms with Crippen LogP contribution in [0.3, 0.4) is 0 Å². The molecule has 0 radical (unpaired) electrons. The monoisotopic (exact) mass is 283 g/mol. The topological polar surface area (TPSA) is 84.2 Å². The van der Waals surface area contributed by atoms with Crippen LogP contribution in [0.25, 0.3) is 0 Å². The van der Waals surface area contributed by atoms with E-state index < -0.39 is 0 Å². The summed E-state index contributed by atoms with van der Waals surface area (Å²) in [4.78, 5) is 23.4. The predicted molar refractivity (Wildman–Crippen MR) is 80.1 cm³/mol. The number of carbonyl (C=O) groups is 2. The van der Waals surface area contributed by atoms with Gasteiger partial charge in [0.05, 0.1) is 0 Å². The highest BCUT2D eigenvalue weighted by Crippen LogP contribution is 2.17. The number of rotatable bonds is 5. The normalized spacial score (nSPS) is 23.2. The largest absolute Gasteiger partial charge is 0.356 e. The molecule has 0 bridgehead atoms. The third kappa shape index (κ3) is 6.37. The van der Waals surface area contributed by atoms with Crippen molar-refractivity contribution in [3.05, 3.63) is 0 Å². The van der Waals surface area contributed by atoms with E-state index in [0.717, 1.165) is 25.7 Å². The molecule has 1 aliphatic carbocycles. The van der Waals surface area contributed by atoms with Crippen molar-refractivity contribution < 1.29 is 9.59 Å². The fourth-order valence-electron chi connectivity index (χ4n) is 2.28. The number of carbonyl (C=O) groups excluding carboxylic acids is 2. The first-order chi connectivity index (χ1) is 9.29. The average Bonchev–Trinajstić information content (AvgIpc) is 2.36. The van der Waals surface area contributed by atoms with Crippen LogP contribution in [0.15, 0.2) is 0 Å². The van der Waals surface area contributed by atoms with Crippen molar-refractivity contribution in [1.82, 2.24) is 10.6 Å². The molecule has 1 saturated carbocycles. The lowest BCUT2D eigenvalue weighted by Crippen LogP contribution is -2.40. The number of amides is 2. The van der Waals surface area contributed by atoms with Crippen molar-refractivity contribution >= 4 is 11.8 Å². The Balaban J connectivity index is 2.10. The molecule has 0 saturated heterocycles. The summed E-state index contributed by atoms with van der Waals surface area (Å²) in [7, 11) is 0. The van der Waals surface area contributed by atoms with E-state index in [2.05, 4.69) is 10.6 Å². The van der Waals surface area contributed by atoms with Crippen LogP contribution >= 0.6 is 0 Å². The summed E-state index contributed by atoms with van der Waals surface area (Å²) in [5.74, 6) is 0.106. The molecule has 1 aliphatic rings. The molecular weight excluding hydrogens is 254 g/mol. The van der Waals surface area contributed by atoms with Gasteiger partial charge < -0.3 is 16.4 Å². The standard InChI is InChI=1S/C15H29N3O2/c1-15(2,3)14(20)17-10-4-5-13(19)18-12-8-6-11(16)7-9-12/h11-12H,4-10,16H2,1-3H3,(H,17,20)(H,18,19). The van der Waals surface area contributed by atoms with Crippen LogP contribution < -0.4 is 16.4 Å². The molecule has 0 spiro atoms. The van der Waals surface area contributed by atoms with Gasteiger partial charge in [-0.25, -0.2) is 0 Å². The van der Waals surface area contributed by atoms with Gasteiger partial charge in [-0.05, 0) is 32.1 Å². The smallest absolute Gasteiger partial charge is 0.225 e. The molecule has 0 aromatic rings. The maximum atomic E-state index is 11.8. The van der Waals surface area contributed by atoms with Crippen molar-refractivity contribution in [3.8, 4) is 0 Å². The van der Waals surface area contributed by atoms with Gasteiger partial charge in [0, 0.05) is 30.5 Å². The van der Waals surface area contributed by atoms with Crippen LogP contribution in [-0.2, 0) is 9.59 Å². The first-order valence-electron chi connectivity index (χ1n) is 7.62. The van der Waals surface area contributed by atoms with E-state index in [0.29, 0.717) is 25.4 Å². The molecule has 0 heterocycles. The molecule has 0 aromatic carbocycles. The lowest BCUT2D eigenvalue weighted by Gasteiger charge is -2.26. The van der Waals surface area contributed by atoms with Gasteiger partial charge in [-0.2, -0.15) is 0 Å². The fraction of sp³-hybridized carbons (Fsp3) is 0.867. The zero-order valence-corrected chi connectivity index (χ0v) is 13.0. The molecule has 5 heteroatoms. The summed E-state index contributed by atoms with van der Waals surface area (Å²) in [5.41, 5.74) is 5.46. The minimum absolute atomic E-state index is 0.0270.